The number of alkyl halides is 3. The van der Waals surface area contributed by atoms with Crippen LogP contribution in [0.4, 0.5) is 17.6 Å². The summed E-state index contributed by atoms with van der Waals surface area (Å²) in [5.41, 5.74) is 2.03. The SMILES string of the molecule is O=C(O)CC1CCN(CC(=O)N2CCc3c(n(Cc4ccc(C(F)(F)F)s4)c4c(F)cccc34)C2)CC1. The second-order valence-corrected chi connectivity index (χ2v) is 11.0. The van der Waals surface area contributed by atoms with Crippen LogP contribution in [-0.2, 0) is 35.3 Å². The molecule has 4 heterocycles. The molecule has 1 fully saturated rings. The van der Waals surface area contributed by atoms with Crippen LogP contribution >= 0.6 is 11.3 Å². The lowest BCUT2D eigenvalue weighted by Gasteiger charge is -2.34. The fourth-order valence-electron chi connectivity index (χ4n) is 5.50. The lowest BCUT2D eigenvalue weighted by Crippen LogP contribution is -2.45. The van der Waals surface area contributed by atoms with Gasteiger partial charge in [-0.25, -0.2) is 4.39 Å². The van der Waals surface area contributed by atoms with Crippen molar-refractivity contribution in [2.24, 2.45) is 5.92 Å². The van der Waals surface area contributed by atoms with Crippen molar-refractivity contribution < 1.29 is 32.3 Å². The van der Waals surface area contributed by atoms with Crippen LogP contribution < -0.4 is 0 Å². The summed E-state index contributed by atoms with van der Waals surface area (Å²) in [5.74, 6) is -1.18. The van der Waals surface area contributed by atoms with E-state index in [4.69, 9.17) is 5.11 Å². The zero-order valence-electron chi connectivity index (χ0n) is 20.1. The summed E-state index contributed by atoms with van der Waals surface area (Å²) in [7, 11) is 0. The molecule has 1 amide bonds. The average Bonchev–Trinajstić information content (AvgIpc) is 3.44. The number of hydrogen-bond donors (Lipinski definition) is 1. The topological polar surface area (TPSA) is 65.8 Å². The van der Waals surface area contributed by atoms with Crippen molar-refractivity contribution in [1.29, 1.82) is 0 Å². The number of benzene rings is 1. The molecule has 5 rings (SSSR count). The van der Waals surface area contributed by atoms with Gasteiger partial charge in [0, 0.05) is 28.9 Å². The Hall–Kier alpha value is -2.92. The number of carbonyl (C=O) groups excluding carboxylic acids is 1. The Morgan fingerprint density at radius 2 is 1.84 bits per heavy atom. The molecular formula is C26H27F4N3O3S. The normalized spacial score (nSPS) is 17.4. The number of carboxylic acid groups (broad SMARTS) is 1. The van der Waals surface area contributed by atoms with Crippen molar-refractivity contribution >= 4 is 34.1 Å². The van der Waals surface area contributed by atoms with E-state index < -0.39 is 22.8 Å². The summed E-state index contributed by atoms with van der Waals surface area (Å²) in [6, 6.07) is 7.26. The van der Waals surface area contributed by atoms with Gasteiger partial charge in [0.1, 0.15) is 10.7 Å². The summed E-state index contributed by atoms with van der Waals surface area (Å²) < 4.78 is 56.2. The quantitative estimate of drug-likeness (QED) is 0.451. The third kappa shape index (κ3) is 5.38. The molecule has 2 aliphatic heterocycles. The van der Waals surface area contributed by atoms with Crippen LogP contribution in [-0.4, -0.2) is 57.5 Å². The number of aliphatic carboxylic acids is 1. The smallest absolute Gasteiger partial charge is 0.425 e. The van der Waals surface area contributed by atoms with Crippen molar-refractivity contribution in [3.05, 3.63) is 57.2 Å². The molecule has 0 saturated carbocycles. The largest absolute Gasteiger partial charge is 0.481 e. The maximum atomic E-state index is 15.0. The molecule has 0 atom stereocenters. The average molecular weight is 538 g/mol. The Balaban J connectivity index is 1.35. The minimum atomic E-state index is -4.43. The first-order chi connectivity index (χ1) is 17.6. The van der Waals surface area contributed by atoms with E-state index in [0.717, 1.165) is 35.6 Å². The standard InChI is InChI=1S/C26H27F4N3O3S/c27-20-3-1-2-19-18-8-11-32(23(34)15-31-9-6-16(7-10-31)12-24(35)36)14-21(18)33(25(19)20)13-17-4-5-22(37-17)26(28,29)30/h1-5,16H,6-15H2,(H,35,36). The van der Waals surface area contributed by atoms with E-state index in [0.29, 0.717) is 47.8 Å². The minimum absolute atomic E-state index is 0.0601. The van der Waals surface area contributed by atoms with Gasteiger partial charge in [0.05, 0.1) is 25.2 Å². The second-order valence-electron chi connectivity index (χ2n) is 9.79. The van der Waals surface area contributed by atoms with E-state index in [1.54, 1.807) is 15.5 Å². The highest BCUT2D eigenvalue weighted by molar-refractivity contribution is 7.12. The van der Waals surface area contributed by atoms with Gasteiger partial charge in [-0.3, -0.25) is 14.5 Å². The molecule has 0 aliphatic carbocycles. The van der Waals surface area contributed by atoms with Crippen LogP contribution in [0.2, 0.25) is 0 Å². The first-order valence-corrected chi connectivity index (χ1v) is 13.1. The van der Waals surface area contributed by atoms with Gasteiger partial charge in [0.25, 0.3) is 0 Å². The van der Waals surface area contributed by atoms with Crippen LogP contribution in [0, 0.1) is 11.7 Å². The van der Waals surface area contributed by atoms with E-state index in [9.17, 15) is 27.2 Å². The number of thiophene rings is 1. The predicted molar refractivity (Wildman–Crippen MR) is 131 cm³/mol. The molecule has 11 heteroatoms. The summed E-state index contributed by atoms with van der Waals surface area (Å²) in [6.07, 6.45) is -2.28. The molecule has 1 N–H and O–H groups in total. The van der Waals surface area contributed by atoms with E-state index >= 15 is 0 Å². The molecule has 2 aromatic heterocycles. The van der Waals surface area contributed by atoms with Gasteiger partial charge in [-0.1, -0.05) is 12.1 Å². The molecule has 0 bridgehead atoms. The van der Waals surface area contributed by atoms with Crippen LogP contribution in [0.25, 0.3) is 10.9 Å². The van der Waals surface area contributed by atoms with Gasteiger partial charge in [-0.2, -0.15) is 13.2 Å². The summed E-state index contributed by atoms with van der Waals surface area (Å²) in [5, 5.41) is 9.73. The number of amides is 1. The van der Waals surface area contributed by atoms with Gasteiger partial charge >= 0.3 is 12.1 Å². The number of hydrogen-bond acceptors (Lipinski definition) is 4. The zero-order chi connectivity index (χ0) is 26.3. The molecule has 6 nitrogen and oxygen atoms in total. The molecule has 1 aromatic carbocycles. The first kappa shape index (κ1) is 25.7. The fraction of sp³-hybridized carbons (Fsp3) is 0.462. The van der Waals surface area contributed by atoms with Gasteiger partial charge in [-0.15, -0.1) is 11.3 Å². The Morgan fingerprint density at radius 1 is 1.08 bits per heavy atom. The van der Waals surface area contributed by atoms with E-state index in [-0.39, 0.29) is 37.9 Å². The summed E-state index contributed by atoms with van der Waals surface area (Å²) in [4.78, 5) is 27.7. The number of halogens is 4. The Labute approximate surface area is 215 Å². The second kappa shape index (κ2) is 10.1. The highest BCUT2D eigenvalue weighted by Gasteiger charge is 2.33. The maximum Gasteiger partial charge on any atom is 0.425 e. The van der Waals surface area contributed by atoms with E-state index in [1.807, 2.05) is 11.0 Å². The van der Waals surface area contributed by atoms with Gasteiger partial charge in [0.15, 0.2) is 0 Å². The van der Waals surface area contributed by atoms with Crippen molar-refractivity contribution in [2.75, 3.05) is 26.2 Å². The van der Waals surface area contributed by atoms with Crippen molar-refractivity contribution in [2.45, 2.75) is 44.9 Å². The van der Waals surface area contributed by atoms with Gasteiger partial charge in [-0.05, 0) is 62.0 Å². The highest BCUT2D eigenvalue weighted by Crippen LogP contribution is 2.37. The number of fused-ring (bicyclic) bond motifs is 3. The molecule has 3 aromatic rings. The van der Waals surface area contributed by atoms with Gasteiger partial charge in [0.2, 0.25) is 5.91 Å². The van der Waals surface area contributed by atoms with Crippen molar-refractivity contribution in [3.8, 4) is 0 Å². The van der Waals surface area contributed by atoms with Crippen LogP contribution in [0.3, 0.4) is 0 Å². The number of piperidine rings is 1. The number of nitrogens with zero attached hydrogens (tertiary/aromatic N) is 3. The molecule has 1 saturated heterocycles. The zero-order valence-corrected chi connectivity index (χ0v) is 20.9. The number of likely N-dealkylation sites (tertiary alicyclic amines) is 1. The number of aromatic nitrogens is 1. The van der Waals surface area contributed by atoms with E-state index in [2.05, 4.69) is 0 Å². The lowest BCUT2D eigenvalue weighted by molar-refractivity contribution is -0.139. The van der Waals surface area contributed by atoms with Crippen LogP contribution in [0.1, 0.15) is 40.3 Å². The molecule has 198 valence electrons. The number of para-hydroxylation sites is 1. The van der Waals surface area contributed by atoms with Crippen molar-refractivity contribution in [1.82, 2.24) is 14.4 Å². The first-order valence-electron chi connectivity index (χ1n) is 12.3. The number of carbonyl (C=O) groups is 2. The molecular weight excluding hydrogens is 510 g/mol. The monoisotopic (exact) mass is 537 g/mol. The Bertz CT molecular complexity index is 1320. The van der Waals surface area contributed by atoms with Crippen LogP contribution in [0.15, 0.2) is 30.3 Å². The Morgan fingerprint density at radius 3 is 2.51 bits per heavy atom. The highest BCUT2D eigenvalue weighted by atomic mass is 32.1. The molecule has 0 radical (unpaired) electrons. The fourth-order valence-corrected chi connectivity index (χ4v) is 6.36. The molecule has 0 spiro atoms. The maximum absolute atomic E-state index is 15.0. The molecule has 2 aliphatic rings. The van der Waals surface area contributed by atoms with E-state index in [1.165, 1.54) is 12.1 Å². The van der Waals surface area contributed by atoms with Crippen molar-refractivity contribution in [3.63, 3.8) is 0 Å². The summed E-state index contributed by atoms with van der Waals surface area (Å²) >= 11 is 0.645. The predicted octanol–water partition coefficient (Wildman–Crippen LogP) is 4.98. The number of rotatable bonds is 6. The molecule has 37 heavy (non-hydrogen) atoms. The minimum Gasteiger partial charge on any atom is -0.481 e. The summed E-state index contributed by atoms with van der Waals surface area (Å²) in [6.45, 7) is 2.38. The lowest BCUT2D eigenvalue weighted by atomic mass is 9.93. The van der Waals surface area contributed by atoms with Gasteiger partial charge < -0.3 is 14.6 Å². The third-order valence-electron chi connectivity index (χ3n) is 7.37. The van der Waals surface area contributed by atoms with Crippen LogP contribution in [0.5, 0.6) is 0 Å². The third-order valence-corrected chi connectivity index (χ3v) is 8.48. The molecule has 0 unspecified atom stereocenters. The Kier molecular flexibility index (Phi) is 7.01. The number of carboxylic acids is 1.